The Morgan fingerprint density at radius 3 is 1.87 bits per heavy atom. The minimum atomic E-state index is 0.861. The largest absolute Gasteiger partial charge is 0.330 e. The van der Waals surface area contributed by atoms with Crippen molar-refractivity contribution in [2.45, 2.75) is 71.1 Å². The van der Waals surface area contributed by atoms with Crippen LogP contribution in [0.1, 0.15) is 71.1 Å². The Morgan fingerprint density at radius 1 is 0.733 bits per heavy atom. The van der Waals surface area contributed by atoms with E-state index in [9.17, 15) is 0 Å². The third kappa shape index (κ3) is 13.7. The van der Waals surface area contributed by atoms with E-state index in [1.807, 2.05) is 0 Å². The van der Waals surface area contributed by atoms with Crippen LogP contribution < -0.4 is 5.73 Å². The van der Waals surface area contributed by atoms with Gasteiger partial charge in [0.25, 0.3) is 0 Å². The smallest absolute Gasteiger partial charge is 0.00773 e. The average molecular weight is 211 g/mol. The monoisotopic (exact) mass is 211 g/mol. The van der Waals surface area contributed by atoms with Gasteiger partial charge >= 0.3 is 0 Å². The van der Waals surface area contributed by atoms with E-state index in [0.29, 0.717) is 0 Å². The average Bonchev–Trinajstić information content (AvgIpc) is 2.26. The van der Waals surface area contributed by atoms with Gasteiger partial charge in [0.2, 0.25) is 0 Å². The molecule has 90 valence electrons. The van der Waals surface area contributed by atoms with Crippen molar-refractivity contribution in [1.29, 1.82) is 0 Å². The van der Waals surface area contributed by atoms with Crippen LogP contribution in [0.25, 0.3) is 0 Å². The number of nitrogens with two attached hydrogens (primary N) is 1. The molecule has 0 fully saturated rings. The highest BCUT2D eigenvalue weighted by Crippen LogP contribution is 2.07. The van der Waals surface area contributed by atoms with E-state index >= 15 is 0 Å². The van der Waals surface area contributed by atoms with Crippen molar-refractivity contribution in [3.63, 3.8) is 0 Å². The van der Waals surface area contributed by atoms with Gasteiger partial charge in [0.15, 0.2) is 0 Å². The SMILES string of the molecule is CCCCC=CCCCCCCCCN. The van der Waals surface area contributed by atoms with Crippen LogP contribution >= 0.6 is 0 Å². The molecule has 0 aliphatic rings. The van der Waals surface area contributed by atoms with Crippen LogP contribution in [0.2, 0.25) is 0 Å². The van der Waals surface area contributed by atoms with E-state index in [1.165, 1.54) is 64.2 Å². The maximum absolute atomic E-state index is 5.44. The maximum Gasteiger partial charge on any atom is -0.00773 e. The van der Waals surface area contributed by atoms with Crippen molar-refractivity contribution in [1.82, 2.24) is 0 Å². The van der Waals surface area contributed by atoms with Gasteiger partial charge in [0.1, 0.15) is 0 Å². The Bertz CT molecular complexity index is 129. The lowest BCUT2D eigenvalue weighted by Crippen LogP contribution is -1.97. The summed E-state index contributed by atoms with van der Waals surface area (Å²) in [7, 11) is 0. The molecule has 0 atom stereocenters. The minimum absolute atomic E-state index is 0.861. The molecule has 0 bridgehead atoms. The van der Waals surface area contributed by atoms with Gasteiger partial charge in [-0.3, -0.25) is 0 Å². The second kappa shape index (κ2) is 13.7. The Kier molecular flexibility index (Phi) is 13.4. The van der Waals surface area contributed by atoms with Crippen LogP contribution in [0.15, 0.2) is 12.2 Å². The van der Waals surface area contributed by atoms with Crippen molar-refractivity contribution in [2.24, 2.45) is 5.73 Å². The summed E-state index contributed by atoms with van der Waals surface area (Å²) in [6, 6.07) is 0. The Morgan fingerprint density at radius 2 is 1.27 bits per heavy atom. The topological polar surface area (TPSA) is 26.0 Å². The van der Waals surface area contributed by atoms with Crippen molar-refractivity contribution in [2.75, 3.05) is 6.54 Å². The first kappa shape index (κ1) is 14.7. The molecule has 0 radical (unpaired) electrons. The fraction of sp³-hybridized carbons (Fsp3) is 0.857. The zero-order chi connectivity index (χ0) is 11.2. The highest BCUT2D eigenvalue weighted by Gasteiger charge is 1.89. The molecule has 0 saturated heterocycles. The molecule has 0 aromatic heterocycles. The first-order valence-electron chi connectivity index (χ1n) is 6.77. The number of hydrogen-bond donors (Lipinski definition) is 1. The van der Waals surface area contributed by atoms with Crippen LogP contribution in [0.3, 0.4) is 0 Å². The van der Waals surface area contributed by atoms with Gasteiger partial charge in [-0.05, 0) is 32.2 Å². The summed E-state index contributed by atoms with van der Waals surface area (Å²) in [5.41, 5.74) is 5.44. The standard InChI is InChI=1S/C14H29N/c1-2-3-4-5-6-7-8-9-10-11-12-13-14-15/h5-6H,2-4,7-15H2,1H3. The highest BCUT2D eigenvalue weighted by molar-refractivity contribution is 4.80. The zero-order valence-electron chi connectivity index (χ0n) is 10.5. The van der Waals surface area contributed by atoms with Crippen LogP contribution in [0.5, 0.6) is 0 Å². The molecule has 0 rings (SSSR count). The minimum Gasteiger partial charge on any atom is -0.330 e. The van der Waals surface area contributed by atoms with E-state index in [-0.39, 0.29) is 0 Å². The van der Waals surface area contributed by atoms with Crippen LogP contribution in [-0.4, -0.2) is 6.54 Å². The number of unbranched alkanes of at least 4 members (excludes halogenated alkanes) is 8. The van der Waals surface area contributed by atoms with E-state index < -0.39 is 0 Å². The zero-order valence-corrected chi connectivity index (χ0v) is 10.5. The summed E-state index contributed by atoms with van der Waals surface area (Å²) in [6.07, 6.45) is 18.0. The van der Waals surface area contributed by atoms with Crippen molar-refractivity contribution in [3.05, 3.63) is 12.2 Å². The van der Waals surface area contributed by atoms with Gasteiger partial charge in [-0.25, -0.2) is 0 Å². The lowest BCUT2D eigenvalue weighted by atomic mass is 10.1. The van der Waals surface area contributed by atoms with Gasteiger partial charge in [0, 0.05) is 0 Å². The molecule has 0 aromatic rings. The number of allylic oxidation sites excluding steroid dienone is 2. The van der Waals surface area contributed by atoms with Gasteiger partial charge in [-0.1, -0.05) is 57.6 Å². The molecule has 1 heteroatoms. The number of hydrogen-bond acceptors (Lipinski definition) is 1. The van der Waals surface area contributed by atoms with E-state index in [4.69, 9.17) is 5.73 Å². The molecular formula is C14H29N. The molecule has 0 unspecified atom stereocenters. The third-order valence-corrected chi connectivity index (χ3v) is 2.72. The van der Waals surface area contributed by atoms with Crippen LogP contribution in [-0.2, 0) is 0 Å². The molecule has 2 N–H and O–H groups in total. The highest BCUT2D eigenvalue weighted by atomic mass is 14.5. The summed E-state index contributed by atoms with van der Waals surface area (Å²) in [5.74, 6) is 0. The molecule has 0 aliphatic carbocycles. The molecule has 0 aromatic carbocycles. The summed E-state index contributed by atoms with van der Waals surface area (Å²) < 4.78 is 0. The lowest BCUT2D eigenvalue weighted by Gasteiger charge is -1.98. The van der Waals surface area contributed by atoms with Gasteiger partial charge in [0.05, 0.1) is 0 Å². The summed E-state index contributed by atoms with van der Waals surface area (Å²) in [6.45, 7) is 3.11. The van der Waals surface area contributed by atoms with E-state index in [1.54, 1.807) is 0 Å². The molecule has 0 heterocycles. The van der Waals surface area contributed by atoms with Crippen LogP contribution in [0.4, 0.5) is 0 Å². The van der Waals surface area contributed by atoms with Crippen molar-refractivity contribution in [3.8, 4) is 0 Å². The molecule has 0 amide bonds. The van der Waals surface area contributed by atoms with E-state index in [2.05, 4.69) is 19.1 Å². The Balaban J connectivity index is 2.95. The van der Waals surface area contributed by atoms with Gasteiger partial charge < -0.3 is 5.73 Å². The number of rotatable bonds is 11. The first-order valence-corrected chi connectivity index (χ1v) is 6.77. The summed E-state index contributed by atoms with van der Waals surface area (Å²) in [5, 5.41) is 0. The molecule has 1 nitrogen and oxygen atoms in total. The molecule has 0 aliphatic heterocycles. The van der Waals surface area contributed by atoms with E-state index in [0.717, 1.165) is 6.54 Å². The van der Waals surface area contributed by atoms with Crippen LogP contribution in [0, 0.1) is 0 Å². The maximum atomic E-state index is 5.44. The second-order valence-electron chi connectivity index (χ2n) is 4.31. The molecule has 0 spiro atoms. The summed E-state index contributed by atoms with van der Waals surface area (Å²) in [4.78, 5) is 0. The molecular weight excluding hydrogens is 182 g/mol. The predicted octanol–water partition coefficient (Wildman–Crippen LogP) is 4.42. The lowest BCUT2D eigenvalue weighted by molar-refractivity contribution is 0.600. The van der Waals surface area contributed by atoms with Gasteiger partial charge in [-0.15, -0.1) is 0 Å². The molecule has 15 heavy (non-hydrogen) atoms. The fourth-order valence-electron chi connectivity index (χ4n) is 1.67. The first-order chi connectivity index (χ1) is 7.41. The predicted molar refractivity (Wildman–Crippen MR) is 70.0 cm³/mol. The quantitative estimate of drug-likeness (QED) is 0.397. The fourth-order valence-corrected chi connectivity index (χ4v) is 1.67. The Hall–Kier alpha value is -0.300. The normalized spacial score (nSPS) is 11.3. The Labute approximate surface area is 96.1 Å². The molecule has 0 saturated carbocycles. The van der Waals surface area contributed by atoms with Crippen molar-refractivity contribution >= 4 is 0 Å². The third-order valence-electron chi connectivity index (χ3n) is 2.72. The van der Waals surface area contributed by atoms with Crippen molar-refractivity contribution < 1.29 is 0 Å². The second-order valence-corrected chi connectivity index (χ2v) is 4.31. The summed E-state index contributed by atoms with van der Waals surface area (Å²) >= 11 is 0. The van der Waals surface area contributed by atoms with Gasteiger partial charge in [-0.2, -0.15) is 0 Å².